The van der Waals surface area contributed by atoms with Crippen LogP contribution in [0.4, 0.5) is 5.69 Å². The molecule has 0 bridgehead atoms. The zero-order chi connectivity index (χ0) is 18.6. The lowest BCUT2D eigenvalue weighted by molar-refractivity contribution is -0.123. The number of aliphatic hydroxyl groups is 1. The van der Waals surface area contributed by atoms with Gasteiger partial charge in [0.2, 0.25) is 15.9 Å². The van der Waals surface area contributed by atoms with Crippen LogP contribution >= 0.6 is 0 Å². The Labute approximate surface area is 148 Å². The van der Waals surface area contributed by atoms with Crippen LogP contribution in [-0.4, -0.2) is 42.9 Å². The predicted molar refractivity (Wildman–Crippen MR) is 98.9 cm³/mol. The minimum Gasteiger partial charge on any atom is -0.394 e. The van der Waals surface area contributed by atoms with Crippen molar-refractivity contribution in [3.63, 3.8) is 0 Å². The monoisotopic (exact) mass is 367 g/mol. The van der Waals surface area contributed by atoms with Crippen molar-refractivity contribution in [1.82, 2.24) is 9.88 Å². The van der Waals surface area contributed by atoms with E-state index in [-0.39, 0.29) is 31.0 Å². The lowest BCUT2D eigenvalue weighted by Gasteiger charge is -2.22. The van der Waals surface area contributed by atoms with E-state index in [1.807, 2.05) is 19.9 Å². The number of anilines is 1. The molecule has 25 heavy (non-hydrogen) atoms. The Hall–Kier alpha value is -2.06. The summed E-state index contributed by atoms with van der Waals surface area (Å²) in [5.74, 6) is -0.0146. The van der Waals surface area contributed by atoms with Crippen LogP contribution in [0.2, 0.25) is 0 Å². The van der Waals surface area contributed by atoms with Crippen LogP contribution in [0.3, 0.4) is 0 Å². The van der Waals surface area contributed by atoms with Gasteiger partial charge in [0.1, 0.15) is 6.54 Å². The third kappa shape index (κ3) is 4.96. The van der Waals surface area contributed by atoms with Gasteiger partial charge in [0.25, 0.3) is 0 Å². The van der Waals surface area contributed by atoms with Gasteiger partial charge >= 0.3 is 0 Å². The van der Waals surface area contributed by atoms with Gasteiger partial charge < -0.3 is 15.0 Å². The number of hydrogen-bond acceptors (Lipinski definition) is 4. The van der Waals surface area contributed by atoms with Crippen molar-refractivity contribution in [2.75, 3.05) is 17.6 Å². The molecular weight excluding hydrogens is 342 g/mol. The van der Waals surface area contributed by atoms with Crippen LogP contribution in [0, 0.1) is 5.92 Å². The van der Waals surface area contributed by atoms with Crippen LogP contribution in [0.25, 0.3) is 10.9 Å². The number of amides is 1. The van der Waals surface area contributed by atoms with Gasteiger partial charge in [0.15, 0.2) is 0 Å². The number of carbonyl (C=O) groups excluding carboxylic acids is 1. The third-order valence-electron chi connectivity index (χ3n) is 4.30. The first kappa shape index (κ1) is 19.3. The molecule has 0 unspecified atom stereocenters. The van der Waals surface area contributed by atoms with E-state index in [4.69, 9.17) is 0 Å². The highest BCUT2D eigenvalue weighted by atomic mass is 32.2. The number of aliphatic hydroxyl groups excluding tert-OH is 1. The van der Waals surface area contributed by atoms with Crippen molar-refractivity contribution in [1.29, 1.82) is 0 Å². The van der Waals surface area contributed by atoms with Crippen LogP contribution in [0.15, 0.2) is 30.5 Å². The van der Waals surface area contributed by atoms with E-state index in [2.05, 4.69) is 10.0 Å². The van der Waals surface area contributed by atoms with Crippen LogP contribution < -0.4 is 10.0 Å². The van der Waals surface area contributed by atoms with E-state index in [0.717, 1.165) is 23.6 Å². The zero-order valence-corrected chi connectivity index (χ0v) is 15.5. The second-order valence-corrected chi connectivity index (χ2v) is 8.05. The molecule has 0 aliphatic heterocycles. The highest BCUT2D eigenvalue weighted by Gasteiger charge is 2.18. The fourth-order valence-corrected chi connectivity index (χ4v) is 3.29. The van der Waals surface area contributed by atoms with Crippen LogP contribution in [0.5, 0.6) is 0 Å². The SMILES string of the molecule is CC[C@@H](C)[C@@H](CO)NC(=O)Cn1ccc2c(NS(C)(=O)=O)cccc21. The fourth-order valence-electron chi connectivity index (χ4n) is 2.71. The predicted octanol–water partition coefficient (Wildman–Crippen LogP) is 1.54. The molecule has 8 heteroatoms. The summed E-state index contributed by atoms with van der Waals surface area (Å²) in [6, 6.07) is 6.74. The Morgan fingerprint density at radius 1 is 1.32 bits per heavy atom. The highest BCUT2D eigenvalue weighted by molar-refractivity contribution is 7.92. The summed E-state index contributed by atoms with van der Waals surface area (Å²) in [7, 11) is -3.38. The van der Waals surface area contributed by atoms with E-state index in [1.165, 1.54) is 0 Å². The lowest BCUT2D eigenvalue weighted by atomic mass is 10.00. The number of nitrogens with zero attached hydrogens (tertiary/aromatic N) is 1. The molecule has 2 aromatic rings. The molecule has 3 N–H and O–H groups in total. The van der Waals surface area contributed by atoms with E-state index >= 15 is 0 Å². The molecule has 0 spiro atoms. The van der Waals surface area contributed by atoms with E-state index in [1.54, 1.807) is 29.0 Å². The molecule has 1 heterocycles. The summed E-state index contributed by atoms with van der Waals surface area (Å²) in [6.45, 7) is 3.99. The summed E-state index contributed by atoms with van der Waals surface area (Å²) in [5.41, 5.74) is 1.24. The number of sulfonamides is 1. The molecule has 0 aliphatic rings. The van der Waals surface area contributed by atoms with Crippen molar-refractivity contribution in [3.05, 3.63) is 30.5 Å². The molecule has 0 saturated carbocycles. The smallest absolute Gasteiger partial charge is 0.240 e. The highest BCUT2D eigenvalue weighted by Crippen LogP contribution is 2.25. The maximum Gasteiger partial charge on any atom is 0.240 e. The van der Waals surface area contributed by atoms with Crippen molar-refractivity contribution in [2.24, 2.45) is 5.92 Å². The molecule has 1 aromatic heterocycles. The van der Waals surface area contributed by atoms with Gasteiger partial charge in [-0.3, -0.25) is 9.52 Å². The Bertz CT molecular complexity index is 845. The number of nitrogens with one attached hydrogen (secondary N) is 2. The maximum atomic E-state index is 12.3. The van der Waals surface area contributed by atoms with Gasteiger partial charge in [-0.05, 0) is 24.1 Å². The maximum absolute atomic E-state index is 12.3. The molecule has 2 rings (SSSR count). The summed E-state index contributed by atoms with van der Waals surface area (Å²) < 4.78 is 27.2. The van der Waals surface area contributed by atoms with Gasteiger partial charge in [-0.1, -0.05) is 26.3 Å². The molecule has 138 valence electrons. The summed E-state index contributed by atoms with van der Waals surface area (Å²) in [4.78, 5) is 12.3. The second kappa shape index (κ2) is 7.88. The van der Waals surface area contributed by atoms with Gasteiger partial charge in [-0.15, -0.1) is 0 Å². The number of aromatic nitrogens is 1. The lowest BCUT2D eigenvalue weighted by Crippen LogP contribution is -2.43. The molecule has 0 aliphatic carbocycles. The minimum absolute atomic E-state index is 0.0960. The first-order chi connectivity index (χ1) is 11.7. The van der Waals surface area contributed by atoms with E-state index in [9.17, 15) is 18.3 Å². The van der Waals surface area contributed by atoms with E-state index in [0.29, 0.717) is 5.69 Å². The first-order valence-corrected chi connectivity index (χ1v) is 10.1. The van der Waals surface area contributed by atoms with Crippen molar-refractivity contribution in [3.8, 4) is 0 Å². The number of hydrogen-bond donors (Lipinski definition) is 3. The average Bonchev–Trinajstić information content (AvgIpc) is 2.94. The summed E-state index contributed by atoms with van der Waals surface area (Å²) in [5, 5.41) is 13.0. The van der Waals surface area contributed by atoms with Crippen molar-refractivity contribution in [2.45, 2.75) is 32.9 Å². The molecule has 1 aromatic carbocycles. The van der Waals surface area contributed by atoms with Gasteiger partial charge in [0.05, 0.1) is 30.1 Å². The molecule has 7 nitrogen and oxygen atoms in total. The Morgan fingerprint density at radius 2 is 2.04 bits per heavy atom. The van der Waals surface area contributed by atoms with Crippen LogP contribution in [-0.2, 0) is 21.4 Å². The topological polar surface area (TPSA) is 100 Å². The van der Waals surface area contributed by atoms with Gasteiger partial charge in [-0.25, -0.2) is 8.42 Å². The van der Waals surface area contributed by atoms with Crippen molar-refractivity contribution < 1.29 is 18.3 Å². The van der Waals surface area contributed by atoms with Gasteiger partial charge in [-0.2, -0.15) is 0 Å². The molecule has 0 radical (unpaired) electrons. The minimum atomic E-state index is -3.38. The van der Waals surface area contributed by atoms with Gasteiger partial charge in [0, 0.05) is 11.6 Å². The summed E-state index contributed by atoms with van der Waals surface area (Å²) >= 11 is 0. The summed E-state index contributed by atoms with van der Waals surface area (Å²) in [6.07, 6.45) is 3.70. The number of carbonyl (C=O) groups is 1. The Morgan fingerprint density at radius 3 is 2.64 bits per heavy atom. The molecule has 0 saturated heterocycles. The Kier molecular flexibility index (Phi) is 6.07. The number of benzene rings is 1. The standard InChI is InChI=1S/C17H25N3O4S/c1-4-12(2)15(11-21)18-17(22)10-20-9-8-13-14(19-25(3,23)24)6-5-7-16(13)20/h5-9,12,15,19,21H,4,10-11H2,1-3H3,(H,18,22)/t12-,15-/m1/s1. The molecular formula is C17H25N3O4S. The normalized spacial score (nSPS) is 14.2. The zero-order valence-electron chi connectivity index (χ0n) is 14.7. The largest absolute Gasteiger partial charge is 0.394 e. The quantitative estimate of drug-likeness (QED) is 0.659. The number of fused-ring (bicyclic) bond motifs is 1. The van der Waals surface area contributed by atoms with Crippen LogP contribution in [0.1, 0.15) is 20.3 Å². The molecule has 2 atom stereocenters. The van der Waals surface area contributed by atoms with E-state index < -0.39 is 10.0 Å². The molecule has 0 fully saturated rings. The average molecular weight is 367 g/mol. The first-order valence-electron chi connectivity index (χ1n) is 8.21. The fraction of sp³-hybridized carbons (Fsp3) is 0.471. The van der Waals surface area contributed by atoms with Crippen molar-refractivity contribution >= 4 is 32.5 Å². The Balaban J connectivity index is 2.19. The second-order valence-electron chi connectivity index (χ2n) is 6.30. The third-order valence-corrected chi connectivity index (χ3v) is 4.89. The molecule has 1 amide bonds. The number of rotatable bonds is 8.